The molecule has 0 spiro atoms. The summed E-state index contributed by atoms with van der Waals surface area (Å²) in [5.74, 6) is 1.24. The Bertz CT molecular complexity index is 2990. The molecule has 0 radical (unpaired) electrons. The number of allylic oxidation sites excluding steroid dienone is 2. The van der Waals surface area contributed by atoms with Gasteiger partial charge in [0.15, 0.2) is 0 Å². The van der Waals surface area contributed by atoms with E-state index < -0.39 is 0 Å². The van der Waals surface area contributed by atoms with Gasteiger partial charge >= 0.3 is 0 Å². The van der Waals surface area contributed by atoms with E-state index in [1.165, 1.54) is 37.3 Å². The molecule has 0 saturated heterocycles. The lowest BCUT2D eigenvalue weighted by Gasteiger charge is -2.37. The van der Waals surface area contributed by atoms with Gasteiger partial charge in [-0.1, -0.05) is 152 Å². The van der Waals surface area contributed by atoms with E-state index in [1.807, 2.05) is 23.5 Å². The molecule has 4 heterocycles. The Labute approximate surface area is 335 Å². The fraction of sp³-hybridized carbons (Fsp3) is 0.118. The summed E-state index contributed by atoms with van der Waals surface area (Å²) in [6, 6.07) is 50.4. The van der Waals surface area contributed by atoms with E-state index in [0.717, 1.165) is 56.4 Å². The highest BCUT2D eigenvalue weighted by atomic mass is 32.1. The molecule has 274 valence electrons. The van der Waals surface area contributed by atoms with Crippen molar-refractivity contribution in [3.8, 4) is 11.1 Å². The van der Waals surface area contributed by atoms with Crippen LogP contribution in [0.4, 0.5) is 5.69 Å². The minimum Gasteiger partial charge on any atom is -0.456 e. The monoisotopic (exact) mass is 754 g/mol. The predicted octanol–water partition coefficient (Wildman–Crippen LogP) is 12.4. The Balaban J connectivity index is 0.937. The molecule has 12 rings (SSSR count). The third-order valence-electron chi connectivity index (χ3n) is 12.3. The number of benzene rings is 6. The first-order chi connectivity index (χ1) is 28.3. The Hall–Kier alpha value is -6.47. The highest BCUT2D eigenvalue weighted by molar-refractivity contribution is 7.20. The van der Waals surface area contributed by atoms with Crippen LogP contribution >= 0.6 is 11.3 Å². The number of nitrogens with zero attached hydrogens (tertiary/aromatic N) is 2. The number of rotatable bonds is 5. The van der Waals surface area contributed by atoms with E-state index in [2.05, 4.69) is 179 Å². The lowest BCUT2D eigenvalue weighted by Crippen LogP contribution is -2.45. The first-order valence-corrected chi connectivity index (χ1v) is 20.7. The first kappa shape index (κ1) is 32.7. The normalized spacial score (nSPS) is 22.1. The van der Waals surface area contributed by atoms with Gasteiger partial charge in [0.2, 0.25) is 0 Å². The van der Waals surface area contributed by atoms with Gasteiger partial charge in [-0.25, -0.2) is 4.99 Å². The fourth-order valence-electron chi connectivity index (χ4n) is 9.70. The number of nitrogens with one attached hydrogen (secondary N) is 2. The van der Waals surface area contributed by atoms with Gasteiger partial charge in [-0.3, -0.25) is 5.32 Å². The minimum atomic E-state index is -0.225. The molecule has 4 aliphatic rings. The average molecular weight is 755 g/mol. The third kappa shape index (κ3) is 5.21. The largest absolute Gasteiger partial charge is 0.456 e. The van der Waals surface area contributed by atoms with Crippen molar-refractivity contribution in [3.05, 3.63) is 203 Å². The van der Waals surface area contributed by atoms with Gasteiger partial charge in [-0.2, -0.15) is 0 Å². The molecule has 2 aliphatic carbocycles. The SMILES string of the molecule is C1=CC2c3ccccc3N(C3CC=Cc4sc5c(-c6ccc7c(c6)oc6c(C8NC(c9ccccc9)=NC(c9ccccc9)N8)cccc67)cccc5c43)C2C=C1. The van der Waals surface area contributed by atoms with E-state index in [4.69, 9.17) is 9.41 Å². The van der Waals surface area contributed by atoms with Crippen molar-refractivity contribution in [2.45, 2.75) is 36.8 Å². The van der Waals surface area contributed by atoms with E-state index >= 15 is 0 Å². The molecule has 0 amide bonds. The topological polar surface area (TPSA) is 52.8 Å². The molecule has 6 aromatic carbocycles. The molecule has 5 nitrogen and oxygen atoms in total. The molecule has 2 aromatic heterocycles. The number of thiophene rings is 1. The zero-order valence-electron chi connectivity index (χ0n) is 31.0. The van der Waals surface area contributed by atoms with Crippen molar-refractivity contribution in [3.63, 3.8) is 0 Å². The summed E-state index contributed by atoms with van der Waals surface area (Å²) in [6.45, 7) is 0. The molecule has 8 aromatic rings. The lowest BCUT2D eigenvalue weighted by molar-refractivity contribution is 0.408. The van der Waals surface area contributed by atoms with Crippen LogP contribution in [-0.2, 0) is 0 Å². The van der Waals surface area contributed by atoms with Gasteiger partial charge < -0.3 is 14.6 Å². The van der Waals surface area contributed by atoms with Gasteiger partial charge in [-0.05, 0) is 58.3 Å². The molecule has 2 N–H and O–H groups in total. The van der Waals surface area contributed by atoms with Crippen LogP contribution in [0, 0.1) is 0 Å². The van der Waals surface area contributed by atoms with E-state index in [1.54, 1.807) is 0 Å². The van der Waals surface area contributed by atoms with Crippen molar-refractivity contribution in [2.75, 3.05) is 4.90 Å². The maximum Gasteiger partial charge on any atom is 0.142 e. The van der Waals surface area contributed by atoms with Crippen LogP contribution in [0.25, 0.3) is 49.2 Å². The zero-order valence-corrected chi connectivity index (χ0v) is 31.9. The van der Waals surface area contributed by atoms with Crippen molar-refractivity contribution in [1.82, 2.24) is 10.6 Å². The summed E-state index contributed by atoms with van der Waals surface area (Å²) in [5.41, 5.74) is 11.6. The maximum absolute atomic E-state index is 6.90. The summed E-state index contributed by atoms with van der Waals surface area (Å²) in [6.07, 6.45) is 14.5. The predicted molar refractivity (Wildman–Crippen MR) is 236 cm³/mol. The van der Waals surface area contributed by atoms with E-state index in [9.17, 15) is 0 Å². The van der Waals surface area contributed by atoms with Crippen LogP contribution in [0.1, 0.15) is 63.4 Å². The molecular weight excluding hydrogens is 717 g/mol. The highest BCUT2D eigenvalue weighted by Gasteiger charge is 2.42. The number of furan rings is 1. The molecule has 5 atom stereocenters. The van der Waals surface area contributed by atoms with Crippen molar-refractivity contribution in [2.24, 2.45) is 4.99 Å². The van der Waals surface area contributed by atoms with Crippen LogP contribution in [0.2, 0.25) is 0 Å². The number of hydrogen-bond acceptors (Lipinski definition) is 6. The summed E-state index contributed by atoms with van der Waals surface area (Å²) >= 11 is 1.92. The number of para-hydroxylation sites is 2. The Kier molecular flexibility index (Phi) is 7.50. The van der Waals surface area contributed by atoms with E-state index in [0.29, 0.717) is 12.0 Å². The highest BCUT2D eigenvalue weighted by Crippen LogP contribution is 2.53. The number of hydrogen-bond donors (Lipinski definition) is 2. The van der Waals surface area contributed by atoms with Crippen molar-refractivity contribution < 1.29 is 4.42 Å². The maximum atomic E-state index is 6.90. The second-order valence-corrected chi connectivity index (χ2v) is 16.5. The number of anilines is 1. The van der Waals surface area contributed by atoms with Crippen molar-refractivity contribution >= 4 is 61.0 Å². The van der Waals surface area contributed by atoms with Crippen LogP contribution < -0.4 is 15.5 Å². The molecule has 0 fully saturated rings. The van der Waals surface area contributed by atoms with Gasteiger partial charge in [0, 0.05) is 48.6 Å². The van der Waals surface area contributed by atoms with Crippen LogP contribution in [0.5, 0.6) is 0 Å². The standard InChI is InChI=1S/C51H38N4OS/c1-3-14-31(15-4-1)49-52-50(32-16-5-2-6-17-32)54-51(53-49)40-23-12-21-38-37-29-28-33(30-44(37)56-47(38)40)34-20-11-22-39-46-43(26-13-27-45(46)57-48(34)39)55-41-24-9-7-18-35(41)36-19-8-10-25-42(36)55/h1-25,27-30,35,41,43,49,51,53H,26H2,(H,52,54). The molecule has 2 aliphatic heterocycles. The first-order valence-electron chi connectivity index (χ1n) is 19.9. The summed E-state index contributed by atoms with van der Waals surface area (Å²) in [4.78, 5) is 9.18. The van der Waals surface area contributed by atoms with Crippen LogP contribution in [-0.4, -0.2) is 11.9 Å². The molecule has 5 unspecified atom stereocenters. The van der Waals surface area contributed by atoms with E-state index in [-0.39, 0.29) is 18.4 Å². The Morgan fingerprint density at radius 1 is 0.702 bits per heavy atom. The molecule has 0 bridgehead atoms. The fourth-order valence-corrected chi connectivity index (χ4v) is 11.0. The van der Waals surface area contributed by atoms with Gasteiger partial charge in [0.05, 0.1) is 12.1 Å². The third-order valence-corrected chi connectivity index (χ3v) is 13.5. The number of aliphatic imine (C=N–C) groups is 1. The minimum absolute atomic E-state index is 0.219. The van der Waals surface area contributed by atoms with Gasteiger partial charge in [0.1, 0.15) is 29.3 Å². The van der Waals surface area contributed by atoms with Crippen LogP contribution in [0.3, 0.4) is 0 Å². The number of amidine groups is 1. The zero-order chi connectivity index (χ0) is 37.5. The second kappa shape index (κ2) is 13.1. The average Bonchev–Trinajstić information content (AvgIpc) is 3.96. The Morgan fingerprint density at radius 3 is 2.40 bits per heavy atom. The molecule has 6 heteroatoms. The Morgan fingerprint density at radius 2 is 1.49 bits per heavy atom. The van der Waals surface area contributed by atoms with Gasteiger partial charge in [-0.15, -0.1) is 11.3 Å². The lowest BCUT2D eigenvalue weighted by atomic mass is 9.89. The second-order valence-electron chi connectivity index (χ2n) is 15.4. The van der Waals surface area contributed by atoms with Crippen LogP contribution in [0.15, 0.2) is 179 Å². The molecule has 0 saturated carbocycles. The quantitative estimate of drug-likeness (QED) is 0.184. The summed E-state index contributed by atoms with van der Waals surface area (Å²) in [7, 11) is 0. The smallest absolute Gasteiger partial charge is 0.142 e. The molecular formula is C51H38N4OS. The summed E-state index contributed by atoms with van der Waals surface area (Å²) in [5, 5.41) is 11.1. The summed E-state index contributed by atoms with van der Waals surface area (Å²) < 4.78 is 8.22. The molecule has 57 heavy (non-hydrogen) atoms. The van der Waals surface area contributed by atoms with Crippen molar-refractivity contribution in [1.29, 1.82) is 0 Å². The van der Waals surface area contributed by atoms with Gasteiger partial charge in [0.25, 0.3) is 0 Å². The number of fused-ring (bicyclic) bond motifs is 9.